The van der Waals surface area contributed by atoms with Crippen LogP contribution in [0.15, 0.2) is 30.3 Å². The summed E-state index contributed by atoms with van der Waals surface area (Å²) in [5.41, 5.74) is 2.19. The maximum Gasteiger partial charge on any atom is 0.225 e. The first-order valence-electron chi connectivity index (χ1n) is 9.37. The fourth-order valence-electron chi connectivity index (χ4n) is 3.57. The van der Waals surface area contributed by atoms with Crippen molar-refractivity contribution < 1.29 is 4.79 Å². The van der Waals surface area contributed by atoms with E-state index in [1.54, 1.807) is 0 Å². The Balaban J connectivity index is 1.49. The number of imidazole rings is 1. The van der Waals surface area contributed by atoms with Crippen molar-refractivity contribution in [2.45, 2.75) is 32.6 Å². The third-order valence-corrected chi connectivity index (χ3v) is 4.96. The largest absolute Gasteiger partial charge is 0.355 e. The molecular weight excluding hydrogens is 340 g/mol. The first-order chi connectivity index (χ1) is 13.0. The number of nitrogens with one attached hydrogen (secondary N) is 1. The molecule has 0 saturated carbocycles. The first-order valence-corrected chi connectivity index (χ1v) is 9.37. The monoisotopic (exact) mass is 364 g/mol. The molecule has 27 heavy (non-hydrogen) atoms. The van der Waals surface area contributed by atoms with Crippen LogP contribution >= 0.6 is 0 Å². The predicted octanol–water partition coefficient (Wildman–Crippen LogP) is 3.01. The van der Waals surface area contributed by atoms with E-state index in [2.05, 4.69) is 37.9 Å². The normalized spacial score (nSPS) is 14.4. The van der Waals surface area contributed by atoms with E-state index in [9.17, 15) is 4.79 Å². The van der Waals surface area contributed by atoms with Crippen LogP contribution in [0.3, 0.4) is 0 Å². The fraction of sp³-hybridized carbons (Fsp3) is 0.400. The van der Waals surface area contributed by atoms with Gasteiger partial charge in [-0.3, -0.25) is 4.79 Å². The third-order valence-electron chi connectivity index (χ3n) is 4.96. The van der Waals surface area contributed by atoms with Gasteiger partial charge in [0, 0.05) is 32.6 Å². The Morgan fingerprint density at radius 2 is 2.00 bits per heavy atom. The van der Waals surface area contributed by atoms with Gasteiger partial charge in [-0.1, -0.05) is 19.1 Å². The zero-order chi connectivity index (χ0) is 19.0. The van der Waals surface area contributed by atoms with Gasteiger partial charge in [-0.15, -0.1) is 0 Å². The average Bonchev–Trinajstić information content (AvgIpc) is 2.90. The number of anilines is 2. The summed E-state index contributed by atoms with van der Waals surface area (Å²) in [5.74, 6) is 3.55. The number of carbonyl (C=O) groups excluding carboxylic acids is 1. The van der Waals surface area contributed by atoms with Crippen molar-refractivity contribution in [2.24, 2.45) is 7.05 Å². The van der Waals surface area contributed by atoms with Crippen molar-refractivity contribution in [3.63, 3.8) is 0 Å². The summed E-state index contributed by atoms with van der Waals surface area (Å²) < 4.78 is 2.18. The molecule has 1 aliphatic rings. The van der Waals surface area contributed by atoms with Gasteiger partial charge in [0.15, 0.2) is 0 Å². The lowest BCUT2D eigenvalue weighted by molar-refractivity contribution is -0.116. The summed E-state index contributed by atoms with van der Waals surface area (Å²) >= 11 is 0. The number of hydrogen-bond donors (Lipinski definition) is 1. The Hall–Kier alpha value is -2.96. The molecule has 140 valence electrons. The van der Waals surface area contributed by atoms with E-state index >= 15 is 0 Å². The van der Waals surface area contributed by atoms with Crippen LogP contribution in [0, 0.1) is 6.92 Å². The van der Waals surface area contributed by atoms with Gasteiger partial charge in [-0.25, -0.2) is 15.0 Å². The number of aromatic nitrogens is 4. The molecule has 7 heteroatoms. The maximum absolute atomic E-state index is 11.9. The molecule has 0 atom stereocenters. The number of amides is 1. The number of hydrogen-bond acceptors (Lipinski definition) is 5. The van der Waals surface area contributed by atoms with Crippen molar-refractivity contribution >= 4 is 28.6 Å². The van der Waals surface area contributed by atoms with Crippen LogP contribution < -0.4 is 10.2 Å². The zero-order valence-electron chi connectivity index (χ0n) is 15.9. The standard InChI is InChI=1S/C20H24N6O/c1-4-7-19(27)24-17-10-18(22-13(2)21-17)26-11-14(12-26)20-23-15-8-5-6-9-16(15)25(20)3/h5-6,8-10,14H,4,7,11-12H2,1-3H3,(H,21,22,24,27). The molecule has 1 amide bonds. The molecule has 0 radical (unpaired) electrons. The van der Waals surface area contributed by atoms with Crippen LogP contribution in [-0.2, 0) is 11.8 Å². The summed E-state index contributed by atoms with van der Waals surface area (Å²) in [7, 11) is 2.07. The number of fused-ring (bicyclic) bond motifs is 1. The highest BCUT2D eigenvalue weighted by atomic mass is 16.1. The maximum atomic E-state index is 11.9. The van der Waals surface area contributed by atoms with E-state index in [4.69, 9.17) is 4.98 Å². The highest BCUT2D eigenvalue weighted by Gasteiger charge is 2.33. The van der Waals surface area contributed by atoms with Gasteiger partial charge in [0.05, 0.1) is 17.0 Å². The van der Waals surface area contributed by atoms with Gasteiger partial charge < -0.3 is 14.8 Å². The number of aryl methyl sites for hydroxylation is 2. The highest BCUT2D eigenvalue weighted by Crippen LogP contribution is 2.32. The predicted molar refractivity (Wildman–Crippen MR) is 106 cm³/mol. The van der Waals surface area contributed by atoms with E-state index in [1.165, 1.54) is 0 Å². The molecule has 1 fully saturated rings. The van der Waals surface area contributed by atoms with E-state index in [0.717, 1.165) is 42.2 Å². The highest BCUT2D eigenvalue weighted by molar-refractivity contribution is 5.90. The molecule has 4 rings (SSSR count). The van der Waals surface area contributed by atoms with Gasteiger partial charge in [-0.05, 0) is 25.5 Å². The van der Waals surface area contributed by atoms with Gasteiger partial charge >= 0.3 is 0 Å². The second-order valence-electron chi connectivity index (χ2n) is 7.08. The molecule has 0 aliphatic carbocycles. The molecule has 2 aromatic heterocycles. The van der Waals surface area contributed by atoms with E-state index < -0.39 is 0 Å². The summed E-state index contributed by atoms with van der Waals surface area (Å²) in [6.07, 6.45) is 1.31. The number of nitrogens with zero attached hydrogens (tertiary/aromatic N) is 5. The fourth-order valence-corrected chi connectivity index (χ4v) is 3.57. The van der Waals surface area contributed by atoms with Crippen LogP contribution in [0.25, 0.3) is 11.0 Å². The molecule has 0 unspecified atom stereocenters. The smallest absolute Gasteiger partial charge is 0.225 e. The lowest BCUT2D eigenvalue weighted by atomic mass is 9.99. The van der Waals surface area contributed by atoms with Gasteiger partial charge in [0.25, 0.3) is 0 Å². The minimum Gasteiger partial charge on any atom is -0.355 e. The van der Waals surface area contributed by atoms with Crippen molar-refractivity contribution in [3.8, 4) is 0 Å². The number of para-hydroxylation sites is 2. The van der Waals surface area contributed by atoms with Crippen molar-refractivity contribution in [1.29, 1.82) is 0 Å². The molecule has 1 aromatic carbocycles. The van der Waals surface area contributed by atoms with Crippen LogP contribution in [-0.4, -0.2) is 38.5 Å². The Labute approximate surface area is 158 Å². The Kier molecular flexibility index (Phi) is 4.51. The topological polar surface area (TPSA) is 75.9 Å². The quantitative estimate of drug-likeness (QED) is 0.753. The Bertz CT molecular complexity index is 989. The van der Waals surface area contributed by atoms with Crippen LogP contribution in [0.4, 0.5) is 11.6 Å². The Morgan fingerprint density at radius 3 is 2.74 bits per heavy atom. The van der Waals surface area contributed by atoms with Crippen LogP contribution in [0.5, 0.6) is 0 Å². The molecule has 1 saturated heterocycles. The van der Waals surface area contributed by atoms with Crippen molar-refractivity contribution in [2.75, 3.05) is 23.3 Å². The molecular formula is C20H24N6O. The van der Waals surface area contributed by atoms with Crippen LogP contribution in [0.1, 0.15) is 37.3 Å². The van der Waals surface area contributed by atoms with Crippen molar-refractivity contribution in [1.82, 2.24) is 19.5 Å². The lowest BCUT2D eigenvalue weighted by Gasteiger charge is -2.39. The second kappa shape index (κ2) is 6.98. The number of carbonyl (C=O) groups is 1. The third kappa shape index (κ3) is 3.37. The molecule has 0 bridgehead atoms. The zero-order valence-corrected chi connectivity index (χ0v) is 15.9. The molecule has 7 nitrogen and oxygen atoms in total. The van der Waals surface area contributed by atoms with E-state index in [1.807, 2.05) is 38.1 Å². The first kappa shape index (κ1) is 17.5. The second-order valence-corrected chi connectivity index (χ2v) is 7.08. The van der Waals surface area contributed by atoms with Crippen LogP contribution in [0.2, 0.25) is 0 Å². The lowest BCUT2D eigenvalue weighted by Crippen LogP contribution is -2.46. The molecule has 3 heterocycles. The number of benzene rings is 1. The average molecular weight is 364 g/mol. The molecule has 1 aliphatic heterocycles. The molecule has 3 aromatic rings. The van der Waals surface area contributed by atoms with Crippen molar-refractivity contribution in [3.05, 3.63) is 42.0 Å². The van der Waals surface area contributed by atoms with Gasteiger partial charge in [0.2, 0.25) is 5.91 Å². The van der Waals surface area contributed by atoms with E-state index in [0.29, 0.717) is 24.0 Å². The molecule has 0 spiro atoms. The van der Waals surface area contributed by atoms with E-state index in [-0.39, 0.29) is 5.91 Å². The summed E-state index contributed by atoms with van der Waals surface area (Å²) in [4.78, 5) is 27.7. The summed E-state index contributed by atoms with van der Waals surface area (Å²) in [6.45, 7) is 5.55. The van der Waals surface area contributed by atoms with Gasteiger partial charge in [0.1, 0.15) is 23.3 Å². The summed E-state index contributed by atoms with van der Waals surface area (Å²) in [6, 6.07) is 10.1. The minimum atomic E-state index is -0.0114. The van der Waals surface area contributed by atoms with Gasteiger partial charge in [-0.2, -0.15) is 0 Å². The summed E-state index contributed by atoms with van der Waals surface area (Å²) in [5, 5.41) is 2.86. The minimum absolute atomic E-state index is 0.0114. The Morgan fingerprint density at radius 1 is 1.22 bits per heavy atom. The molecule has 1 N–H and O–H groups in total. The number of rotatable bonds is 5. The SMILES string of the molecule is CCCC(=O)Nc1cc(N2CC(c3nc4ccccc4n3C)C2)nc(C)n1.